The van der Waals surface area contributed by atoms with Crippen LogP contribution < -0.4 is 0 Å². The Bertz CT molecular complexity index is 411. The SMILES string of the molecule is CN(C)CC1CCCN1CC(=O)c1ccn(C)c1. The molecular formula is C14H23N3O. The lowest BCUT2D eigenvalue weighted by atomic mass is 10.2. The molecule has 1 atom stereocenters. The van der Waals surface area contributed by atoms with Gasteiger partial charge in [0.05, 0.1) is 6.54 Å². The summed E-state index contributed by atoms with van der Waals surface area (Å²) < 4.78 is 1.93. The van der Waals surface area contributed by atoms with Crippen LogP contribution >= 0.6 is 0 Å². The fraction of sp³-hybridized carbons (Fsp3) is 0.643. The number of hydrogen-bond acceptors (Lipinski definition) is 3. The number of ketones is 1. The molecule has 0 amide bonds. The Balaban J connectivity index is 1.94. The van der Waals surface area contributed by atoms with E-state index in [-0.39, 0.29) is 5.78 Å². The van der Waals surface area contributed by atoms with Crippen LogP contribution in [-0.4, -0.2) is 59.9 Å². The molecule has 0 saturated carbocycles. The van der Waals surface area contributed by atoms with E-state index in [0.717, 1.165) is 18.7 Å². The van der Waals surface area contributed by atoms with Crippen molar-refractivity contribution < 1.29 is 4.79 Å². The average molecular weight is 249 g/mol. The van der Waals surface area contributed by atoms with Crippen LogP contribution in [0.25, 0.3) is 0 Å². The van der Waals surface area contributed by atoms with Gasteiger partial charge in [-0.15, -0.1) is 0 Å². The number of carbonyl (C=O) groups excluding carboxylic acids is 1. The molecule has 1 unspecified atom stereocenters. The summed E-state index contributed by atoms with van der Waals surface area (Å²) >= 11 is 0. The molecule has 0 radical (unpaired) electrons. The van der Waals surface area contributed by atoms with Crippen molar-refractivity contribution in [3.63, 3.8) is 0 Å². The van der Waals surface area contributed by atoms with E-state index in [1.54, 1.807) is 0 Å². The van der Waals surface area contributed by atoms with Crippen molar-refractivity contribution in [3.8, 4) is 0 Å². The van der Waals surface area contributed by atoms with E-state index in [2.05, 4.69) is 23.9 Å². The van der Waals surface area contributed by atoms with Crippen molar-refractivity contribution >= 4 is 5.78 Å². The van der Waals surface area contributed by atoms with E-state index in [9.17, 15) is 4.79 Å². The summed E-state index contributed by atoms with van der Waals surface area (Å²) in [5.74, 6) is 0.237. The van der Waals surface area contributed by atoms with E-state index in [4.69, 9.17) is 0 Å². The molecule has 0 N–H and O–H groups in total. The maximum Gasteiger partial charge on any atom is 0.178 e. The summed E-state index contributed by atoms with van der Waals surface area (Å²) in [5.41, 5.74) is 0.827. The van der Waals surface area contributed by atoms with Gasteiger partial charge in [-0.2, -0.15) is 0 Å². The van der Waals surface area contributed by atoms with Gasteiger partial charge in [0.1, 0.15) is 0 Å². The number of nitrogens with zero attached hydrogens (tertiary/aromatic N) is 3. The predicted octanol–water partition coefficient (Wildman–Crippen LogP) is 1.23. The number of rotatable bonds is 5. The van der Waals surface area contributed by atoms with Crippen molar-refractivity contribution in [2.75, 3.05) is 33.7 Å². The number of carbonyl (C=O) groups is 1. The van der Waals surface area contributed by atoms with Crippen molar-refractivity contribution in [1.82, 2.24) is 14.4 Å². The molecular weight excluding hydrogens is 226 g/mol. The minimum absolute atomic E-state index is 0.237. The molecule has 18 heavy (non-hydrogen) atoms. The molecule has 1 aliphatic rings. The second kappa shape index (κ2) is 5.67. The van der Waals surface area contributed by atoms with Gasteiger partial charge in [0.2, 0.25) is 0 Å². The van der Waals surface area contributed by atoms with Crippen LogP contribution in [0.15, 0.2) is 18.5 Å². The normalized spacial score (nSPS) is 20.8. The highest BCUT2D eigenvalue weighted by Gasteiger charge is 2.26. The number of aryl methyl sites for hydroxylation is 1. The Kier molecular flexibility index (Phi) is 4.19. The van der Waals surface area contributed by atoms with Gasteiger partial charge in [0.15, 0.2) is 5.78 Å². The van der Waals surface area contributed by atoms with Crippen molar-refractivity contribution in [3.05, 3.63) is 24.0 Å². The van der Waals surface area contributed by atoms with Gasteiger partial charge in [0.25, 0.3) is 0 Å². The molecule has 100 valence electrons. The first-order valence-corrected chi connectivity index (χ1v) is 6.60. The second-order valence-electron chi connectivity index (χ2n) is 5.52. The largest absolute Gasteiger partial charge is 0.357 e. The fourth-order valence-electron chi connectivity index (χ4n) is 2.68. The Morgan fingerprint density at radius 3 is 2.89 bits per heavy atom. The van der Waals surface area contributed by atoms with E-state index >= 15 is 0 Å². The van der Waals surface area contributed by atoms with Gasteiger partial charge in [-0.1, -0.05) is 0 Å². The maximum atomic E-state index is 12.2. The van der Waals surface area contributed by atoms with Gasteiger partial charge >= 0.3 is 0 Å². The minimum atomic E-state index is 0.237. The molecule has 1 aromatic heterocycles. The number of likely N-dealkylation sites (N-methyl/N-ethyl adjacent to an activating group) is 1. The zero-order chi connectivity index (χ0) is 13.1. The Morgan fingerprint density at radius 2 is 2.28 bits per heavy atom. The van der Waals surface area contributed by atoms with E-state index in [0.29, 0.717) is 12.6 Å². The number of hydrogen-bond donors (Lipinski definition) is 0. The van der Waals surface area contributed by atoms with Gasteiger partial charge in [-0.3, -0.25) is 9.69 Å². The molecule has 0 spiro atoms. The van der Waals surface area contributed by atoms with Crippen LogP contribution in [0.2, 0.25) is 0 Å². The van der Waals surface area contributed by atoms with Gasteiger partial charge in [0, 0.05) is 37.6 Å². The van der Waals surface area contributed by atoms with Gasteiger partial charge < -0.3 is 9.47 Å². The highest BCUT2D eigenvalue weighted by molar-refractivity contribution is 5.97. The zero-order valence-electron chi connectivity index (χ0n) is 11.6. The molecule has 1 aromatic rings. The average Bonchev–Trinajstić information content (AvgIpc) is 2.88. The van der Waals surface area contributed by atoms with Crippen molar-refractivity contribution in [1.29, 1.82) is 0 Å². The third-order valence-electron chi connectivity index (χ3n) is 3.58. The summed E-state index contributed by atoms with van der Waals surface area (Å²) in [7, 11) is 6.13. The van der Waals surface area contributed by atoms with Crippen LogP contribution in [-0.2, 0) is 7.05 Å². The second-order valence-corrected chi connectivity index (χ2v) is 5.52. The maximum absolute atomic E-state index is 12.2. The minimum Gasteiger partial charge on any atom is -0.357 e. The third-order valence-corrected chi connectivity index (χ3v) is 3.58. The standard InChI is InChI=1S/C14H23N3O/c1-15(2)10-13-5-4-7-17(13)11-14(18)12-6-8-16(3)9-12/h6,8-9,13H,4-5,7,10-11H2,1-3H3. The summed E-state index contributed by atoms with van der Waals surface area (Å²) in [6.07, 6.45) is 6.24. The zero-order valence-corrected chi connectivity index (χ0v) is 11.6. The van der Waals surface area contributed by atoms with Crippen LogP contribution in [0.4, 0.5) is 0 Å². The Hall–Kier alpha value is -1.13. The molecule has 0 aliphatic carbocycles. The highest BCUT2D eigenvalue weighted by Crippen LogP contribution is 2.18. The van der Waals surface area contributed by atoms with E-state index in [1.165, 1.54) is 12.8 Å². The molecule has 2 rings (SSSR count). The molecule has 0 bridgehead atoms. The molecule has 0 aromatic carbocycles. The Morgan fingerprint density at radius 1 is 1.50 bits per heavy atom. The van der Waals surface area contributed by atoms with E-state index < -0.39 is 0 Å². The summed E-state index contributed by atoms with van der Waals surface area (Å²) in [6.45, 7) is 2.65. The smallest absolute Gasteiger partial charge is 0.178 e. The van der Waals surface area contributed by atoms with E-state index in [1.807, 2.05) is 30.1 Å². The molecule has 4 heteroatoms. The topological polar surface area (TPSA) is 28.5 Å². The molecule has 1 fully saturated rings. The lowest BCUT2D eigenvalue weighted by Crippen LogP contribution is -2.40. The number of aromatic nitrogens is 1. The van der Waals surface area contributed by atoms with Crippen molar-refractivity contribution in [2.45, 2.75) is 18.9 Å². The molecule has 1 saturated heterocycles. The lowest BCUT2D eigenvalue weighted by molar-refractivity contribution is 0.0910. The summed E-state index contributed by atoms with van der Waals surface area (Å²) in [4.78, 5) is 16.7. The fourth-order valence-corrected chi connectivity index (χ4v) is 2.68. The van der Waals surface area contributed by atoms with Crippen LogP contribution in [0.1, 0.15) is 23.2 Å². The highest BCUT2D eigenvalue weighted by atomic mass is 16.1. The quantitative estimate of drug-likeness (QED) is 0.735. The van der Waals surface area contributed by atoms with Gasteiger partial charge in [-0.25, -0.2) is 0 Å². The summed E-state index contributed by atoms with van der Waals surface area (Å²) in [5, 5.41) is 0. The van der Waals surface area contributed by atoms with Crippen LogP contribution in [0.5, 0.6) is 0 Å². The Labute approximate surface area is 109 Å². The number of Topliss-reactive ketones (excluding diaryl/α,β-unsaturated/α-hetero) is 1. The predicted molar refractivity (Wildman–Crippen MR) is 72.9 cm³/mol. The molecule has 4 nitrogen and oxygen atoms in total. The van der Waals surface area contributed by atoms with Gasteiger partial charge in [-0.05, 0) is 39.5 Å². The first kappa shape index (κ1) is 13.3. The van der Waals surface area contributed by atoms with Crippen molar-refractivity contribution in [2.24, 2.45) is 7.05 Å². The van der Waals surface area contributed by atoms with Crippen LogP contribution in [0, 0.1) is 0 Å². The lowest BCUT2D eigenvalue weighted by Gasteiger charge is -2.26. The first-order valence-electron chi connectivity index (χ1n) is 6.60. The number of likely N-dealkylation sites (tertiary alicyclic amines) is 1. The molecule has 1 aliphatic heterocycles. The third kappa shape index (κ3) is 3.21. The summed E-state index contributed by atoms with van der Waals surface area (Å²) in [6, 6.07) is 2.44. The monoisotopic (exact) mass is 249 g/mol. The first-order chi connectivity index (χ1) is 8.56. The van der Waals surface area contributed by atoms with Crippen LogP contribution in [0.3, 0.4) is 0 Å². The molecule has 2 heterocycles.